The number of carbonyl (C=O) groups excluding carboxylic acids is 1. The molecule has 6 heteroatoms. The number of nitrogen functional groups attached to an aromatic ring is 1. The predicted octanol–water partition coefficient (Wildman–Crippen LogP) is 6.44. The lowest BCUT2D eigenvalue weighted by molar-refractivity contribution is 0.103. The number of aryl methyl sites for hydroxylation is 2. The molecular formula is C24H23N3OS2. The van der Waals surface area contributed by atoms with Crippen LogP contribution in [-0.4, -0.2) is 10.9 Å². The first-order valence-electron chi connectivity index (χ1n) is 10.3. The van der Waals surface area contributed by atoms with Crippen molar-refractivity contribution in [3.8, 4) is 10.4 Å². The van der Waals surface area contributed by atoms with E-state index in [2.05, 4.69) is 22.8 Å². The molecule has 1 amide bonds. The molecule has 3 N–H and O–H groups in total. The van der Waals surface area contributed by atoms with Crippen molar-refractivity contribution < 1.29 is 4.79 Å². The molecule has 1 aliphatic carbocycles. The Balaban J connectivity index is 1.68. The van der Waals surface area contributed by atoms with Crippen molar-refractivity contribution in [3.05, 3.63) is 63.5 Å². The van der Waals surface area contributed by atoms with Crippen LogP contribution in [-0.2, 0) is 12.8 Å². The molecule has 0 fully saturated rings. The fraction of sp³-hybridized carbons (Fsp3) is 0.250. The first-order chi connectivity index (χ1) is 14.6. The second kappa shape index (κ2) is 7.85. The summed E-state index contributed by atoms with van der Waals surface area (Å²) in [4.78, 5) is 20.7. The number of nitrogens with one attached hydrogen (secondary N) is 1. The summed E-state index contributed by atoms with van der Waals surface area (Å²) in [6.07, 6.45) is 5.57. The number of hydrogen-bond donors (Lipinski definition) is 2. The van der Waals surface area contributed by atoms with Crippen LogP contribution in [0.4, 0.5) is 11.4 Å². The Bertz CT molecular complexity index is 1240. The Morgan fingerprint density at radius 1 is 1.10 bits per heavy atom. The summed E-state index contributed by atoms with van der Waals surface area (Å²) in [5.41, 5.74) is 12.7. The average molecular weight is 434 g/mol. The molecule has 0 unspecified atom stereocenters. The van der Waals surface area contributed by atoms with Crippen molar-refractivity contribution in [1.82, 2.24) is 4.98 Å². The van der Waals surface area contributed by atoms with Crippen LogP contribution < -0.4 is 11.1 Å². The van der Waals surface area contributed by atoms with Crippen LogP contribution in [0.3, 0.4) is 0 Å². The fourth-order valence-electron chi connectivity index (χ4n) is 4.24. The van der Waals surface area contributed by atoms with Crippen molar-refractivity contribution in [2.75, 3.05) is 11.1 Å². The van der Waals surface area contributed by atoms with E-state index in [1.165, 1.54) is 45.9 Å². The molecule has 0 atom stereocenters. The van der Waals surface area contributed by atoms with Gasteiger partial charge in [-0.25, -0.2) is 4.98 Å². The second-order valence-electron chi connectivity index (χ2n) is 7.74. The standard InChI is InChI=1S/C24H23N3OS2/c1-14-8-5-6-10-16(14)26-23(28)22-21(25)20-19(18-12-7-13-29-18)15-9-3-2-4-11-17(15)27-24(20)30-22/h5-8,10,12-13H,2-4,9,11,25H2,1H3,(H,26,28). The van der Waals surface area contributed by atoms with Gasteiger partial charge in [-0.3, -0.25) is 4.79 Å². The Morgan fingerprint density at radius 2 is 1.93 bits per heavy atom. The van der Waals surface area contributed by atoms with E-state index in [9.17, 15) is 4.79 Å². The molecule has 152 valence electrons. The molecule has 4 aromatic rings. The number of pyridine rings is 1. The Kier molecular flexibility index (Phi) is 5.05. The highest BCUT2D eigenvalue weighted by molar-refractivity contribution is 7.21. The highest BCUT2D eigenvalue weighted by Gasteiger charge is 2.25. The summed E-state index contributed by atoms with van der Waals surface area (Å²) in [7, 11) is 0. The lowest BCUT2D eigenvalue weighted by Gasteiger charge is -2.13. The molecule has 30 heavy (non-hydrogen) atoms. The van der Waals surface area contributed by atoms with Crippen LogP contribution in [0.1, 0.15) is 45.8 Å². The zero-order chi connectivity index (χ0) is 20.7. The molecule has 0 saturated heterocycles. The SMILES string of the molecule is Cc1ccccc1NC(=O)c1sc2nc3c(c(-c4cccs4)c2c1N)CCCCC3. The smallest absolute Gasteiger partial charge is 0.267 e. The number of nitrogens with two attached hydrogens (primary N) is 1. The van der Waals surface area contributed by atoms with E-state index in [0.717, 1.165) is 40.7 Å². The Morgan fingerprint density at radius 3 is 2.73 bits per heavy atom. The van der Waals surface area contributed by atoms with Gasteiger partial charge in [-0.1, -0.05) is 30.7 Å². The van der Waals surface area contributed by atoms with Gasteiger partial charge in [-0.05, 0) is 61.2 Å². The summed E-state index contributed by atoms with van der Waals surface area (Å²) < 4.78 is 0. The maximum Gasteiger partial charge on any atom is 0.267 e. The van der Waals surface area contributed by atoms with Gasteiger partial charge in [0.1, 0.15) is 9.71 Å². The normalized spacial score (nSPS) is 13.8. The molecule has 1 aliphatic rings. The number of thiophene rings is 2. The first kappa shape index (κ1) is 19.3. The third-order valence-corrected chi connectivity index (χ3v) is 7.76. The van der Waals surface area contributed by atoms with Crippen LogP contribution in [0.5, 0.6) is 0 Å². The number of carbonyl (C=O) groups is 1. The van der Waals surface area contributed by atoms with Crippen molar-refractivity contribution >= 4 is 50.2 Å². The van der Waals surface area contributed by atoms with E-state index in [4.69, 9.17) is 10.7 Å². The highest BCUT2D eigenvalue weighted by Crippen LogP contribution is 2.44. The molecule has 0 saturated carbocycles. The molecule has 3 heterocycles. The average Bonchev–Trinajstić information content (AvgIpc) is 3.31. The van der Waals surface area contributed by atoms with Gasteiger partial charge in [0.05, 0.1) is 5.69 Å². The minimum atomic E-state index is -0.169. The van der Waals surface area contributed by atoms with Crippen molar-refractivity contribution in [3.63, 3.8) is 0 Å². The number of aromatic nitrogens is 1. The number of amides is 1. The molecule has 4 nitrogen and oxygen atoms in total. The molecule has 0 bridgehead atoms. The monoisotopic (exact) mass is 433 g/mol. The van der Waals surface area contributed by atoms with Crippen LogP contribution >= 0.6 is 22.7 Å². The lowest BCUT2D eigenvalue weighted by atomic mass is 9.97. The molecule has 1 aromatic carbocycles. The zero-order valence-electron chi connectivity index (χ0n) is 16.8. The number of nitrogens with zero attached hydrogens (tertiary/aromatic N) is 1. The third-order valence-electron chi connectivity index (χ3n) is 5.77. The molecule has 5 rings (SSSR count). The van der Waals surface area contributed by atoms with Gasteiger partial charge in [-0.15, -0.1) is 22.7 Å². The maximum atomic E-state index is 13.1. The van der Waals surface area contributed by atoms with Crippen LogP contribution in [0.15, 0.2) is 41.8 Å². The van der Waals surface area contributed by atoms with Gasteiger partial charge in [0.15, 0.2) is 0 Å². The number of rotatable bonds is 3. The topological polar surface area (TPSA) is 68.0 Å². The summed E-state index contributed by atoms with van der Waals surface area (Å²) >= 11 is 3.13. The summed E-state index contributed by atoms with van der Waals surface area (Å²) in [6, 6.07) is 12.0. The summed E-state index contributed by atoms with van der Waals surface area (Å²) in [5.74, 6) is -0.169. The van der Waals surface area contributed by atoms with Crippen molar-refractivity contribution in [2.45, 2.75) is 39.0 Å². The number of benzene rings is 1. The van der Waals surface area contributed by atoms with Crippen molar-refractivity contribution in [1.29, 1.82) is 0 Å². The van der Waals surface area contributed by atoms with E-state index < -0.39 is 0 Å². The number of fused-ring (bicyclic) bond motifs is 2. The van der Waals surface area contributed by atoms with Crippen molar-refractivity contribution in [2.24, 2.45) is 0 Å². The van der Waals surface area contributed by atoms with Gasteiger partial charge < -0.3 is 11.1 Å². The summed E-state index contributed by atoms with van der Waals surface area (Å²) in [6.45, 7) is 1.98. The Hall–Kier alpha value is -2.70. The van der Waals surface area contributed by atoms with Gasteiger partial charge in [0, 0.05) is 27.2 Å². The number of anilines is 2. The third kappa shape index (κ3) is 3.30. The molecule has 0 spiro atoms. The van der Waals surface area contributed by atoms with Gasteiger partial charge in [-0.2, -0.15) is 0 Å². The van der Waals surface area contributed by atoms with E-state index >= 15 is 0 Å². The van der Waals surface area contributed by atoms with E-state index in [1.54, 1.807) is 11.3 Å². The molecule has 3 aromatic heterocycles. The lowest BCUT2D eigenvalue weighted by Crippen LogP contribution is -2.12. The zero-order valence-corrected chi connectivity index (χ0v) is 18.5. The second-order valence-corrected chi connectivity index (χ2v) is 9.69. The molecule has 0 aliphatic heterocycles. The fourth-order valence-corrected chi connectivity index (χ4v) is 6.06. The minimum Gasteiger partial charge on any atom is -0.397 e. The maximum absolute atomic E-state index is 13.1. The predicted molar refractivity (Wildman–Crippen MR) is 128 cm³/mol. The molecule has 0 radical (unpaired) electrons. The quantitative estimate of drug-likeness (QED) is 0.366. The van der Waals surface area contributed by atoms with Crippen LogP contribution in [0, 0.1) is 6.92 Å². The number of hydrogen-bond acceptors (Lipinski definition) is 5. The number of para-hydroxylation sites is 1. The summed E-state index contributed by atoms with van der Waals surface area (Å²) in [5, 5.41) is 6.07. The largest absolute Gasteiger partial charge is 0.397 e. The van der Waals surface area contributed by atoms with Gasteiger partial charge >= 0.3 is 0 Å². The first-order valence-corrected chi connectivity index (χ1v) is 12.0. The van der Waals surface area contributed by atoms with E-state index in [1.807, 2.05) is 31.2 Å². The van der Waals surface area contributed by atoms with Gasteiger partial charge in [0.25, 0.3) is 5.91 Å². The van der Waals surface area contributed by atoms with E-state index in [-0.39, 0.29) is 5.91 Å². The van der Waals surface area contributed by atoms with Gasteiger partial charge in [0.2, 0.25) is 0 Å². The van der Waals surface area contributed by atoms with Crippen LogP contribution in [0.2, 0.25) is 0 Å². The Labute approximate surface area is 183 Å². The minimum absolute atomic E-state index is 0.169. The van der Waals surface area contributed by atoms with Crippen LogP contribution in [0.25, 0.3) is 20.7 Å². The van der Waals surface area contributed by atoms with E-state index in [0.29, 0.717) is 10.6 Å². The highest BCUT2D eigenvalue weighted by atomic mass is 32.1. The molecular weight excluding hydrogens is 410 g/mol.